The van der Waals surface area contributed by atoms with Crippen LogP contribution in [0.3, 0.4) is 0 Å². The highest BCUT2D eigenvalue weighted by Crippen LogP contribution is 2.24. The predicted octanol–water partition coefficient (Wildman–Crippen LogP) is 2.74. The van der Waals surface area contributed by atoms with Gasteiger partial charge < -0.3 is 14.5 Å². The maximum absolute atomic E-state index is 12.1. The number of aromatic nitrogens is 2. The van der Waals surface area contributed by atoms with Crippen LogP contribution in [-0.2, 0) is 20.2 Å². The van der Waals surface area contributed by atoms with E-state index < -0.39 is 4.92 Å². The molecule has 9 nitrogen and oxygen atoms in total. The molecule has 0 saturated heterocycles. The zero-order chi connectivity index (χ0) is 19.4. The molecule has 0 spiro atoms. The smallest absolute Gasteiger partial charge is 0.287 e. The van der Waals surface area contributed by atoms with Gasteiger partial charge in [-0.1, -0.05) is 0 Å². The van der Waals surface area contributed by atoms with Gasteiger partial charge in [-0.15, -0.1) is 0 Å². The lowest BCUT2D eigenvalue weighted by Crippen LogP contribution is -2.22. The van der Waals surface area contributed by atoms with Crippen LogP contribution in [0.1, 0.15) is 27.6 Å². The number of rotatable bonds is 7. The van der Waals surface area contributed by atoms with Crippen molar-refractivity contribution in [1.29, 1.82) is 0 Å². The van der Waals surface area contributed by atoms with Crippen LogP contribution >= 0.6 is 0 Å². The molecule has 0 bridgehead atoms. The standard InChI is InChI=1S/C18H18N4O5/c1-12-9-14(3-5-16(12)22(24)25)26-11-15-4-6-17(27-15)18(23)19-10-13-7-8-21(2)20-13/h3-9H,10-11H2,1-2H3,(H,19,23). The van der Waals surface area contributed by atoms with Gasteiger partial charge in [-0.25, -0.2) is 0 Å². The quantitative estimate of drug-likeness (QED) is 0.505. The molecule has 0 saturated carbocycles. The van der Waals surface area contributed by atoms with Crippen molar-refractivity contribution in [3.05, 3.63) is 75.5 Å². The number of ether oxygens (including phenoxy) is 1. The molecule has 0 unspecified atom stereocenters. The third-order valence-corrected chi connectivity index (χ3v) is 3.83. The Kier molecular flexibility index (Phi) is 5.20. The van der Waals surface area contributed by atoms with Crippen molar-refractivity contribution < 1.29 is 18.9 Å². The van der Waals surface area contributed by atoms with Crippen LogP contribution in [-0.4, -0.2) is 20.6 Å². The number of benzene rings is 1. The summed E-state index contributed by atoms with van der Waals surface area (Å²) in [6, 6.07) is 9.52. The van der Waals surface area contributed by atoms with Gasteiger partial charge in [-0.2, -0.15) is 5.10 Å². The van der Waals surface area contributed by atoms with Crippen molar-refractivity contribution in [1.82, 2.24) is 15.1 Å². The molecule has 0 fully saturated rings. The topological polar surface area (TPSA) is 112 Å². The molecule has 0 aliphatic rings. The number of hydrogen-bond donors (Lipinski definition) is 1. The van der Waals surface area contributed by atoms with E-state index in [-0.39, 0.29) is 24.0 Å². The fraction of sp³-hybridized carbons (Fsp3) is 0.222. The van der Waals surface area contributed by atoms with E-state index in [4.69, 9.17) is 9.15 Å². The molecular weight excluding hydrogens is 352 g/mol. The summed E-state index contributed by atoms with van der Waals surface area (Å²) in [5.41, 5.74) is 1.29. The third kappa shape index (κ3) is 4.51. The summed E-state index contributed by atoms with van der Waals surface area (Å²) >= 11 is 0. The highest BCUT2D eigenvalue weighted by molar-refractivity contribution is 5.91. The predicted molar refractivity (Wildman–Crippen MR) is 95.3 cm³/mol. The van der Waals surface area contributed by atoms with E-state index in [2.05, 4.69) is 10.4 Å². The molecule has 140 valence electrons. The number of nitrogens with one attached hydrogen (secondary N) is 1. The first kappa shape index (κ1) is 18.2. The summed E-state index contributed by atoms with van der Waals surface area (Å²) in [6.45, 7) is 2.04. The Labute approximate surface area is 154 Å². The first-order valence-electron chi connectivity index (χ1n) is 8.15. The Morgan fingerprint density at radius 1 is 1.33 bits per heavy atom. The summed E-state index contributed by atoms with van der Waals surface area (Å²) in [5.74, 6) is 0.771. The Hall–Kier alpha value is -3.62. The highest BCUT2D eigenvalue weighted by Gasteiger charge is 2.13. The molecule has 0 atom stereocenters. The second-order valence-electron chi connectivity index (χ2n) is 5.92. The van der Waals surface area contributed by atoms with Gasteiger partial charge in [0.25, 0.3) is 11.6 Å². The van der Waals surface area contributed by atoms with Crippen molar-refractivity contribution in [2.45, 2.75) is 20.1 Å². The number of nitro groups is 1. The van der Waals surface area contributed by atoms with Crippen LogP contribution in [0.4, 0.5) is 5.69 Å². The lowest BCUT2D eigenvalue weighted by Gasteiger charge is -2.05. The molecule has 27 heavy (non-hydrogen) atoms. The normalized spacial score (nSPS) is 10.6. The van der Waals surface area contributed by atoms with E-state index >= 15 is 0 Å². The Balaban J connectivity index is 1.55. The minimum absolute atomic E-state index is 0.0345. The second-order valence-corrected chi connectivity index (χ2v) is 5.92. The number of nitrogens with zero attached hydrogens (tertiary/aromatic N) is 3. The minimum Gasteiger partial charge on any atom is -0.486 e. The van der Waals surface area contributed by atoms with Gasteiger partial charge in [-0.05, 0) is 37.3 Å². The molecule has 9 heteroatoms. The second kappa shape index (κ2) is 7.73. The van der Waals surface area contributed by atoms with Crippen LogP contribution in [0.2, 0.25) is 0 Å². The van der Waals surface area contributed by atoms with Gasteiger partial charge in [0.15, 0.2) is 5.76 Å². The van der Waals surface area contributed by atoms with E-state index in [1.54, 1.807) is 43.0 Å². The summed E-state index contributed by atoms with van der Waals surface area (Å²) in [4.78, 5) is 22.5. The number of hydrogen-bond acceptors (Lipinski definition) is 6. The van der Waals surface area contributed by atoms with Crippen molar-refractivity contribution in [2.75, 3.05) is 0 Å². The Morgan fingerprint density at radius 3 is 2.81 bits per heavy atom. The maximum Gasteiger partial charge on any atom is 0.287 e. The van der Waals surface area contributed by atoms with Gasteiger partial charge in [0, 0.05) is 24.9 Å². The number of furan rings is 1. The average Bonchev–Trinajstić information content (AvgIpc) is 3.26. The van der Waals surface area contributed by atoms with Gasteiger partial charge in [0.05, 0.1) is 17.2 Å². The van der Waals surface area contributed by atoms with Crippen molar-refractivity contribution >= 4 is 11.6 Å². The van der Waals surface area contributed by atoms with Crippen molar-refractivity contribution in [3.8, 4) is 5.75 Å². The first-order valence-corrected chi connectivity index (χ1v) is 8.15. The van der Waals surface area contributed by atoms with E-state index in [9.17, 15) is 14.9 Å². The highest BCUT2D eigenvalue weighted by atomic mass is 16.6. The molecule has 1 amide bonds. The van der Waals surface area contributed by atoms with Crippen LogP contribution < -0.4 is 10.1 Å². The molecule has 3 rings (SSSR count). The number of amides is 1. The fourth-order valence-corrected chi connectivity index (χ4v) is 2.47. The number of aryl methyl sites for hydroxylation is 2. The fourth-order valence-electron chi connectivity index (χ4n) is 2.47. The average molecular weight is 370 g/mol. The van der Waals surface area contributed by atoms with Crippen LogP contribution in [0.5, 0.6) is 5.75 Å². The largest absolute Gasteiger partial charge is 0.486 e. The van der Waals surface area contributed by atoms with Gasteiger partial charge in [0.1, 0.15) is 18.1 Å². The Morgan fingerprint density at radius 2 is 2.15 bits per heavy atom. The molecule has 0 radical (unpaired) electrons. The van der Waals surface area contributed by atoms with Crippen molar-refractivity contribution in [2.24, 2.45) is 7.05 Å². The number of carbonyl (C=O) groups excluding carboxylic acids is 1. The number of nitro benzene ring substituents is 1. The van der Waals surface area contributed by atoms with Crippen LogP contribution in [0.15, 0.2) is 47.0 Å². The van der Waals surface area contributed by atoms with Crippen LogP contribution in [0.25, 0.3) is 0 Å². The lowest BCUT2D eigenvalue weighted by molar-refractivity contribution is -0.385. The van der Waals surface area contributed by atoms with Crippen LogP contribution in [0, 0.1) is 17.0 Å². The Bertz CT molecular complexity index is 976. The summed E-state index contributed by atoms with van der Waals surface area (Å²) in [5, 5.41) is 17.7. The monoisotopic (exact) mass is 370 g/mol. The summed E-state index contributed by atoms with van der Waals surface area (Å²) in [6.07, 6.45) is 1.80. The van der Waals surface area contributed by atoms with E-state index in [1.807, 2.05) is 6.07 Å². The zero-order valence-electron chi connectivity index (χ0n) is 14.8. The van der Waals surface area contributed by atoms with Gasteiger partial charge >= 0.3 is 0 Å². The molecule has 0 aliphatic heterocycles. The summed E-state index contributed by atoms with van der Waals surface area (Å²) < 4.78 is 12.7. The third-order valence-electron chi connectivity index (χ3n) is 3.83. The molecule has 2 heterocycles. The summed E-state index contributed by atoms with van der Waals surface area (Å²) in [7, 11) is 1.80. The zero-order valence-corrected chi connectivity index (χ0v) is 14.8. The maximum atomic E-state index is 12.1. The molecule has 0 aliphatic carbocycles. The molecule has 1 aromatic carbocycles. The van der Waals surface area contributed by atoms with Crippen molar-refractivity contribution in [3.63, 3.8) is 0 Å². The first-order chi connectivity index (χ1) is 12.9. The number of carbonyl (C=O) groups is 1. The molecular formula is C18H18N4O5. The molecule has 2 aromatic heterocycles. The van der Waals surface area contributed by atoms with E-state index in [1.165, 1.54) is 12.1 Å². The van der Waals surface area contributed by atoms with Gasteiger partial charge in [0.2, 0.25) is 0 Å². The minimum atomic E-state index is -0.443. The van der Waals surface area contributed by atoms with E-state index in [0.717, 1.165) is 5.69 Å². The van der Waals surface area contributed by atoms with E-state index in [0.29, 0.717) is 23.6 Å². The lowest BCUT2D eigenvalue weighted by atomic mass is 10.2. The molecule has 3 aromatic rings. The SMILES string of the molecule is Cc1cc(OCc2ccc(C(=O)NCc3ccn(C)n3)o2)ccc1[N+](=O)[O-]. The molecule has 1 N–H and O–H groups in total. The van der Waals surface area contributed by atoms with Gasteiger partial charge in [-0.3, -0.25) is 19.6 Å².